The lowest BCUT2D eigenvalue weighted by molar-refractivity contribution is 0.102. The maximum atomic E-state index is 13.0. The Hall–Kier alpha value is -1.81. The number of Topliss-reactive ketones (excluding diaryl/α,β-unsaturated/α-hetero) is 1. The van der Waals surface area contributed by atoms with Crippen molar-refractivity contribution in [1.29, 1.82) is 0 Å². The molecule has 0 saturated carbocycles. The summed E-state index contributed by atoms with van der Waals surface area (Å²) in [5.41, 5.74) is 1.58. The van der Waals surface area contributed by atoms with Gasteiger partial charge in [-0.15, -0.1) is 0 Å². The van der Waals surface area contributed by atoms with Gasteiger partial charge in [-0.3, -0.25) is 9.00 Å². The van der Waals surface area contributed by atoms with Gasteiger partial charge in [-0.1, -0.05) is 35.9 Å². The molecule has 0 saturated heterocycles. The van der Waals surface area contributed by atoms with Crippen molar-refractivity contribution >= 4 is 16.6 Å². The zero-order valence-corrected chi connectivity index (χ0v) is 11.2. The van der Waals surface area contributed by atoms with Crippen molar-refractivity contribution < 1.29 is 13.4 Å². The van der Waals surface area contributed by atoms with Gasteiger partial charge >= 0.3 is 0 Å². The van der Waals surface area contributed by atoms with Crippen molar-refractivity contribution in [3.63, 3.8) is 0 Å². The minimum Gasteiger partial charge on any atom is -0.293 e. The molecule has 0 aliphatic carbocycles. The van der Waals surface area contributed by atoms with Gasteiger partial charge in [-0.05, 0) is 25.1 Å². The highest BCUT2D eigenvalue weighted by Crippen LogP contribution is 2.11. The van der Waals surface area contributed by atoms with Crippen molar-refractivity contribution in [2.24, 2.45) is 0 Å². The third-order valence-electron chi connectivity index (χ3n) is 2.69. The molecule has 0 aromatic heterocycles. The third kappa shape index (κ3) is 3.58. The van der Waals surface area contributed by atoms with Crippen LogP contribution in [0.2, 0.25) is 0 Å². The number of ketones is 1. The van der Waals surface area contributed by atoms with Gasteiger partial charge < -0.3 is 0 Å². The van der Waals surface area contributed by atoms with E-state index >= 15 is 0 Å². The first-order valence-corrected chi connectivity index (χ1v) is 7.12. The maximum absolute atomic E-state index is 13.0. The van der Waals surface area contributed by atoms with Gasteiger partial charge in [0.05, 0.1) is 16.6 Å². The summed E-state index contributed by atoms with van der Waals surface area (Å²) in [7, 11) is -1.52. The van der Waals surface area contributed by atoms with Crippen molar-refractivity contribution in [2.45, 2.75) is 11.8 Å². The number of rotatable bonds is 4. The number of aryl methyl sites for hydroxylation is 1. The lowest BCUT2D eigenvalue weighted by Crippen LogP contribution is -2.11. The van der Waals surface area contributed by atoms with E-state index in [1.54, 1.807) is 18.2 Å². The first-order valence-electron chi connectivity index (χ1n) is 5.80. The topological polar surface area (TPSA) is 34.1 Å². The summed E-state index contributed by atoms with van der Waals surface area (Å²) < 4.78 is 25.0. The second-order valence-corrected chi connectivity index (χ2v) is 5.69. The average Bonchev–Trinajstić information content (AvgIpc) is 2.39. The Morgan fingerprint density at radius 1 is 1.16 bits per heavy atom. The van der Waals surface area contributed by atoms with Crippen LogP contribution < -0.4 is 0 Å². The number of benzene rings is 2. The van der Waals surface area contributed by atoms with Gasteiger partial charge in [0.25, 0.3) is 0 Å². The molecule has 1 atom stereocenters. The van der Waals surface area contributed by atoms with Crippen molar-refractivity contribution in [3.05, 3.63) is 65.5 Å². The van der Waals surface area contributed by atoms with Crippen molar-refractivity contribution in [2.75, 3.05) is 5.75 Å². The molecule has 19 heavy (non-hydrogen) atoms. The van der Waals surface area contributed by atoms with Crippen LogP contribution in [0.3, 0.4) is 0 Å². The van der Waals surface area contributed by atoms with Crippen LogP contribution in [0.15, 0.2) is 53.4 Å². The molecular formula is C15H13FO2S. The molecule has 98 valence electrons. The van der Waals surface area contributed by atoms with Gasteiger partial charge in [0.2, 0.25) is 0 Å². The number of carbonyl (C=O) groups is 1. The van der Waals surface area contributed by atoms with Gasteiger partial charge in [0, 0.05) is 10.5 Å². The molecule has 0 radical (unpaired) electrons. The summed E-state index contributed by atoms with van der Waals surface area (Å²) >= 11 is 0. The van der Waals surface area contributed by atoms with Gasteiger partial charge in [0.15, 0.2) is 5.78 Å². The van der Waals surface area contributed by atoms with Crippen LogP contribution in [0, 0.1) is 12.7 Å². The molecule has 2 rings (SSSR count). The van der Waals surface area contributed by atoms with E-state index in [-0.39, 0.29) is 11.5 Å². The molecule has 2 nitrogen and oxygen atoms in total. The molecule has 0 amide bonds. The largest absolute Gasteiger partial charge is 0.293 e. The quantitative estimate of drug-likeness (QED) is 0.804. The van der Waals surface area contributed by atoms with Crippen molar-refractivity contribution in [3.8, 4) is 0 Å². The fraction of sp³-hybridized carbons (Fsp3) is 0.133. The van der Waals surface area contributed by atoms with Crippen LogP contribution >= 0.6 is 0 Å². The SMILES string of the molecule is Cc1ccc(C(=O)CS(=O)c2cccc(F)c2)cc1. The fourth-order valence-corrected chi connectivity index (χ4v) is 2.68. The highest BCUT2D eigenvalue weighted by molar-refractivity contribution is 7.85. The predicted octanol–water partition coefficient (Wildman–Crippen LogP) is 3.12. The number of carbonyl (C=O) groups excluding carboxylic acids is 1. The zero-order valence-electron chi connectivity index (χ0n) is 10.4. The van der Waals surface area contributed by atoms with E-state index in [1.807, 2.05) is 19.1 Å². The summed E-state index contributed by atoms with van der Waals surface area (Å²) in [5, 5.41) is 0. The average molecular weight is 276 g/mol. The Bertz CT molecular complexity index is 620. The molecule has 0 spiro atoms. The highest BCUT2D eigenvalue weighted by Gasteiger charge is 2.12. The Kier molecular flexibility index (Phi) is 4.22. The van der Waals surface area contributed by atoms with E-state index < -0.39 is 16.6 Å². The Morgan fingerprint density at radius 2 is 1.84 bits per heavy atom. The van der Waals surface area contributed by atoms with E-state index in [0.29, 0.717) is 10.5 Å². The molecule has 2 aromatic carbocycles. The molecule has 0 fully saturated rings. The molecular weight excluding hydrogens is 263 g/mol. The normalized spacial score (nSPS) is 12.1. The van der Waals surface area contributed by atoms with E-state index in [1.165, 1.54) is 18.2 Å². The van der Waals surface area contributed by atoms with E-state index in [9.17, 15) is 13.4 Å². The summed E-state index contributed by atoms with van der Waals surface area (Å²) in [5.74, 6) is -0.789. The Morgan fingerprint density at radius 3 is 2.47 bits per heavy atom. The molecule has 0 aliphatic rings. The summed E-state index contributed by atoms with van der Waals surface area (Å²) in [6.07, 6.45) is 0. The Balaban J connectivity index is 2.11. The second kappa shape index (κ2) is 5.89. The summed E-state index contributed by atoms with van der Waals surface area (Å²) in [6, 6.07) is 12.6. The number of hydrogen-bond acceptors (Lipinski definition) is 2. The monoisotopic (exact) mass is 276 g/mol. The molecule has 2 aromatic rings. The van der Waals surface area contributed by atoms with E-state index in [2.05, 4.69) is 0 Å². The first kappa shape index (κ1) is 13.6. The van der Waals surface area contributed by atoms with Gasteiger partial charge in [-0.25, -0.2) is 4.39 Å². The molecule has 1 unspecified atom stereocenters. The molecule has 0 aliphatic heterocycles. The molecule has 0 heterocycles. The maximum Gasteiger partial charge on any atom is 0.175 e. The lowest BCUT2D eigenvalue weighted by atomic mass is 10.1. The summed E-state index contributed by atoms with van der Waals surface area (Å²) in [6.45, 7) is 1.93. The standard InChI is InChI=1S/C15H13FO2S/c1-11-5-7-12(8-6-11)15(17)10-19(18)14-4-2-3-13(16)9-14/h2-9H,10H2,1H3. The fourth-order valence-electron chi connectivity index (χ4n) is 1.63. The summed E-state index contributed by atoms with van der Waals surface area (Å²) in [4.78, 5) is 12.3. The minimum absolute atomic E-state index is 0.132. The highest BCUT2D eigenvalue weighted by atomic mass is 32.2. The van der Waals surface area contributed by atoms with Crippen LogP contribution in [0.4, 0.5) is 4.39 Å². The van der Waals surface area contributed by atoms with E-state index in [0.717, 1.165) is 5.56 Å². The van der Waals surface area contributed by atoms with Crippen LogP contribution in [0.25, 0.3) is 0 Å². The smallest absolute Gasteiger partial charge is 0.175 e. The zero-order chi connectivity index (χ0) is 13.8. The van der Waals surface area contributed by atoms with E-state index in [4.69, 9.17) is 0 Å². The second-order valence-electron chi connectivity index (χ2n) is 4.24. The Labute approximate surface area is 113 Å². The van der Waals surface area contributed by atoms with Gasteiger partial charge in [-0.2, -0.15) is 0 Å². The number of hydrogen-bond donors (Lipinski definition) is 0. The van der Waals surface area contributed by atoms with Crippen LogP contribution in [-0.2, 0) is 10.8 Å². The molecule has 0 N–H and O–H groups in total. The minimum atomic E-state index is -1.52. The lowest BCUT2D eigenvalue weighted by Gasteiger charge is -2.03. The van der Waals surface area contributed by atoms with Crippen LogP contribution in [-0.4, -0.2) is 15.7 Å². The van der Waals surface area contributed by atoms with Crippen molar-refractivity contribution in [1.82, 2.24) is 0 Å². The molecule has 0 bridgehead atoms. The molecule has 4 heteroatoms. The predicted molar refractivity (Wildman–Crippen MR) is 73.2 cm³/mol. The third-order valence-corrected chi connectivity index (χ3v) is 4.00. The first-order chi connectivity index (χ1) is 9.06. The van der Waals surface area contributed by atoms with Crippen LogP contribution in [0.5, 0.6) is 0 Å². The van der Waals surface area contributed by atoms with Crippen LogP contribution in [0.1, 0.15) is 15.9 Å². The number of halogens is 1. The van der Waals surface area contributed by atoms with Gasteiger partial charge in [0.1, 0.15) is 5.82 Å².